The number of pyridine rings is 1. The first-order valence-corrected chi connectivity index (χ1v) is 9.51. The molecule has 0 N–H and O–H groups in total. The molecular formula is C24H18ClNO3. The zero-order chi connectivity index (χ0) is 20.5. The third kappa shape index (κ3) is 3.80. The molecule has 0 spiro atoms. The zero-order valence-electron chi connectivity index (χ0n) is 16.0. The first-order chi connectivity index (χ1) is 13.9. The van der Waals surface area contributed by atoms with Gasteiger partial charge in [-0.2, -0.15) is 0 Å². The van der Waals surface area contributed by atoms with Crippen molar-refractivity contribution in [3.63, 3.8) is 0 Å². The van der Waals surface area contributed by atoms with Crippen molar-refractivity contribution in [2.45, 2.75) is 13.8 Å². The minimum atomic E-state index is -0.526. The lowest BCUT2D eigenvalue weighted by atomic mass is 10.1. The molecule has 0 unspecified atom stereocenters. The van der Waals surface area contributed by atoms with Crippen molar-refractivity contribution in [3.05, 3.63) is 105 Å². The number of hydrogen-bond acceptors (Lipinski definition) is 3. The molecule has 0 fully saturated rings. The van der Waals surface area contributed by atoms with Crippen LogP contribution in [-0.2, 0) is 0 Å². The van der Waals surface area contributed by atoms with Gasteiger partial charge in [-0.1, -0.05) is 41.9 Å². The summed E-state index contributed by atoms with van der Waals surface area (Å²) in [5.41, 5.74) is 2.65. The predicted octanol–water partition coefficient (Wildman–Crippen LogP) is 5.48. The normalized spacial score (nSPS) is 10.9. The van der Waals surface area contributed by atoms with Gasteiger partial charge >= 0.3 is 5.97 Å². The highest BCUT2D eigenvalue weighted by Crippen LogP contribution is 2.22. The van der Waals surface area contributed by atoms with Crippen molar-refractivity contribution in [1.82, 2.24) is 4.57 Å². The molecule has 5 heteroatoms. The van der Waals surface area contributed by atoms with Crippen LogP contribution < -0.4 is 10.3 Å². The average Bonchev–Trinajstić information content (AvgIpc) is 2.67. The van der Waals surface area contributed by atoms with Gasteiger partial charge in [0.1, 0.15) is 5.75 Å². The number of ether oxygens (including phenoxy) is 1. The second kappa shape index (κ2) is 7.57. The minimum absolute atomic E-state index is 0.231. The van der Waals surface area contributed by atoms with Gasteiger partial charge in [-0.15, -0.1) is 0 Å². The van der Waals surface area contributed by atoms with E-state index in [4.69, 9.17) is 16.3 Å². The molecule has 0 amide bonds. The van der Waals surface area contributed by atoms with Gasteiger partial charge in [0.25, 0.3) is 5.56 Å². The molecule has 0 saturated carbocycles. The Hall–Kier alpha value is -3.37. The average molecular weight is 404 g/mol. The van der Waals surface area contributed by atoms with Crippen LogP contribution in [-0.4, -0.2) is 10.5 Å². The SMILES string of the molecule is Cc1cc(C)cc(OC(=O)c2cn(-c3cccc(Cl)c3)c(=O)c3ccccc23)c1. The Morgan fingerprint density at radius 2 is 1.59 bits per heavy atom. The standard InChI is InChI=1S/C24H18ClNO3/c1-15-10-16(2)12-19(11-15)29-24(28)22-14-26(18-7-5-6-17(25)13-18)23(27)21-9-4-3-8-20(21)22/h3-14H,1-2H3. The van der Waals surface area contributed by atoms with Gasteiger partial charge < -0.3 is 4.74 Å². The van der Waals surface area contributed by atoms with Crippen LogP contribution in [0.1, 0.15) is 21.5 Å². The van der Waals surface area contributed by atoms with Crippen LogP contribution in [0.15, 0.2) is 77.7 Å². The molecule has 4 rings (SSSR count). The van der Waals surface area contributed by atoms with E-state index >= 15 is 0 Å². The van der Waals surface area contributed by atoms with E-state index in [1.807, 2.05) is 19.9 Å². The van der Waals surface area contributed by atoms with Gasteiger partial charge in [0, 0.05) is 22.0 Å². The first-order valence-electron chi connectivity index (χ1n) is 9.13. The summed E-state index contributed by atoms with van der Waals surface area (Å²) in [6.07, 6.45) is 1.52. The van der Waals surface area contributed by atoms with E-state index in [0.717, 1.165) is 11.1 Å². The number of carbonyl (C=O) groups is 1. The Labute approximate surface area is 172 Å². The molecule has 1 aromatic heterocycles. The number of carbonyl (C=O) groups excluding carboxylic acids is 1. The summed E-state index contributed by atoms with van der Waals surface area (Å²) in [6.45, 7) is 3.89. The number of halogens is 1. The van der Waals surface area contributed by atoms with Crippen molar-refractivity contribution in [1.29, 1.82) is 0 Å². The van der Waals surface area contributed by atoms with Gasteiger partial charge in [0.2, 0.25) is 0 Å². The molecule has 1 heterocycles. The number of nitrogens with zero attached hydrogens (tertiary/aromatic N) is 1. The molecule has 4 nitrogen and oxygen atoms in total. The molecule has 0 aliphatic heterocycles. The highest BCUT2D eigenvalue weighted by molar-refractivity contribution is 6.30. The van der Waals surface area contributed by atoms with Crippen molar-refractivity contribution < 1.29 is 9.53 Å². The number of aryl methyl sites for hydroxylation is 2. The molecule has 29 heavy (non-hydrogen) atoms. The highest BCUT2D eigenvalue weighted by atomic mass is 35.5. The number of rotatable bonds is 3. The number of benzene rings is 3. The van der Waals surface area contributed by atoms with E-state index in [1.165, 1.54) is 10.8 Å². The fourth-order valence-electron chi connectivity index (χ4n) is 3.43. The molecule has 0 aliphatic rings. The summed E-state index contributed by atoms with van der Waals surface area (Å²) < 4.78 is 7.07. The third-order valence-corrected chi connectivity index (χ3v) is 4.87. The number of hydrogen-bond donors (Lipinski definition) is 0. The highest BCUT2D eigenvalue weighted by Gasteiger charge is 2.18. The quantitative estimate of drug-likeness (QED) is 0.336. The van der Waals surface area contributed by atoms with Crippen LogP contribution in [0.4, 0.5) is 0 Å². The Kier molecular flexibility index (Phi) is 4.95. The Balaban J connectivity index is 1.88. The van der Waals surface area contributed by atoms with Crippen molar-refractivity contribution >= 4 is 28.3 Å². The second-order valence-corrected chi connectivity index (χ2v) is 7.39. The topological polar surface area (TPSA) is 48.3 Å². The lowest BCUT2D eigenvalue weighted by Gasteiger charge is -2.13. The first kappa shape index (κ1) is 19.0. The van der Waals surface area contributed by atoms with Crippen LogP contribution in [0.3, 0.4) is 0 Å². The van der Waals surface area contributed by atoms with Crippen molar-refractivity contribution in [2.24, 2.45) is 0 Å². The summed E-state index contributed by atoms with van der Waals surface area (Å²) in [5, 5.41) is 1.48. The molecule has 0 saturated heterocycles. The molecule has 3 aromatic carbocycles. The lowest BCUT2D eigenvalue weighted by Crippen LogP contribution is -2.22. The van der Waals surface area contributed by atoms with Crippen LogP contribution >= 0.6 is 11.6 Å². The smallest absolute Gasteiger partial charge is 0.345 e. The van der Waals surface area contributed by atoms with Crippen LogP contribution in [0.25, 0.3) is 16.5 Å². The summed E-state index contributed by atoms with van der Waals surface area (Å²) in [5.74, 6) is -0.0564. The van der Waals surface area contributed by atoms with E-state index in [-0.39, 0.29) is 5.56 Å². The molecule has 0 aliphatic carbocycles. The number of esters is 1. The maximum atomic E-state index is 13.0. The Bertz CT molecular complexity index is 1290. The predicted molar refractivity (Wildman–Crippen MR) is 115 cm³/mol. The maximum absolute atomic E-state index is 13.0. The van der Waals surface area contributed by atoms with E-state index in [0.29, 0.717) is 32.8 Å². The lowest BCUT2D eigenvalue weighted by molar-refractivity contribution is 0.0736. The largest absolute Gasteiger partial charge is 0.423 e. The van der Waals surface area contributed by atoms with E-state index in [2.05, 4.69) is 0 Å². The maximum Gasteiger partial charge on any atom is 0.345 e. The molecule has 144 valence electrons. The zero-order valence-corrected chi connectivity index (χ0v) is 16.7. The summed E-state index contributed by atoms with van der Waals surface area (Å²) in [7, 11) is 0. The van der Waals surface area contributed by atoms with E-state index in [9.17, 15) is 9.59 Å². The van der Waals surface area contributed by atoms with Crippen molar-refractivity contribution in [3.8, 4) is 11.4 Å². The van der Waals surface area contributed by atoms with E-state index in [1.54, 1.807) is 60.7 Å². The van der Waals surface area contributed by atoms with Gasteiger partial charge in [-0.3, -0.25) is 9.36 Å². The van der Waals surface area contributed by atoms with Gasteiger partial charge in [0.15, 0.2) is 0 Å². The minimum Gasteiger partial charge on any atom is -0.423 e. The second-order valence-electron chi connectivity index (χ2n) is 6.96. The number of aromatic nitrogens is 1. The third-order valence-electron chi connectivity index (χ3n) is 4.64. The fourth-order valence-corrected chi connectivity index (χ4v) is 3.61. The van der Waals surface area contributed by atoms with Gasteiger partial charge in [0.05, 0.1) is 11.3 Å². The van der Waals surface area contributed by atoms with E-state index < -0.39 is 5.97 Å². The molecule has 0 atom stereocenters. The molecule has 0 bridgehead atoms. The molecule has 4 aromatic rings. The van der Waals surface area contributed by atoms with Crippen LogP contribution in [0, 0.1) is 13.8 Å². The fraction of sp³-hybridized carbons (Fsp3) is 0.0833. The van der Waals surface area contributed by atoms with Crippen molar-refractivity contribution in [2.75, 3.05) is 0 Å². The van der Waals surface area contributed by atoms with Crippen LogP contribution in [0.2, 0.25) is 5.02 Å². The van der Waals surface area contributed by atoms with Gasteiger partial charge in [-0.05, 0) is 61.4 Å². The Morgan fingerprint density at radius 3 is 2.28 bits per heavy atom. The van der Waals surface area contributed by atoms with Crippen LogP contribution in [0.5, 0.6) is 5.75 Å². The monoisotopic (exact) mass is 403 g/mol. The molecule has 0 radical (unpaired) electrons. The number of fused-ring (bicyclic) bond motifs is 1. The summed E-state index contributed by atoms with van der Waals surface area (Å²) in [4.78, 5) is 26.1. The summed E-state index contributed by atoms with van der Waals surface area (Å²) in [6, 6.07) is 19.6. The van der Waals surface area contributed by atoms with Gasteiger partial charge in [-0.25, -0.2) is 4.79 Å². The Morgan fingerprint density at radius 1 is 0.897 bits per heavy atom. The summed E-state index contributed by atoms with van der Waals surface area (Å²) >= 11 is 6.10. The molecular weight excluding hydrogens is 386 g/mol.